The van der Waals surface area contributed by atoms with Crippen LogP contribution in [0.3, 0.4) is 0 Å². The number of hydrogen-bond donors (Lipinski definition) is 1. The Kier molecular flexibility index (Phi) is 6.26. The zero-order valence-corrected chi connectivity index (χ0v) is 11.1. The maximum Gasteiger partial charge on any atom is 0.409 e. The molecule has 0 aromatic heterocycles. The van der Waals surface area contributed by atoms with Crippen LogP contribution < -0.4 is 5.32 Å². The first-order chi connectivity index (χ1) is 8.43. The van der Waals surface area contributed by atoms with Crippen molar-refractivity contribution in [2.24, 2.45) is 5.92 Å². The highest BCUT2D eigenvalue weighted by atomic mass is 35.5. The first kappa shape index (κ1) is 18.6. The molecule has 0 aliphatic carbocycles. The molecule has 1 amide bonds. The molecule has 114 valence electrons. The maximum absolute atomic E-state index is 12.3. The maximum atomic E-state index is 12.3. The predicted octanol–water partition coefficient (Wildman–Crippen LogP) is 3.47. The van der Waals surface area contributed by atoms with E-state index in [0.29, 0.717) is 0 Å². The molecule has 0 fully saturated rings. The molecule has 1 N–H and O–H groups in total. The van der Waals surface area contributed by atoms with Crippen LogP contribution in [0.5, 0.6) is 0 Å². The van der Waals surface area contributed by atoms with Gasteiger partial charge >= 0.3 is 12.4 Å². The molecule has 0 bridgehead atoms. The normalized spacial score (nSPS) is 13.8. The molecule has 10 heteroatoms. The number of carbonyl (C=O) groups excluding carboxylic acids is 1. The van der Waals surface area contributed by atoms with Gasteiger partial charge in [-0.2, -0.15) is 26.3 Å². The summed E-state index contributed by atoms with van der Waals surface area (Å²) in [6.07, 6.45) is -11.5. The largest absolute Gasteiger partial charge is 0.409 e. The van der Waals surface area contributed by atoms with E-state index < -0.39 is 41.5 Å². The molecule has 0 aromatic carbocycles. The second-order valence-electron chi connectivity index (χ2n) is 3.91. The molecular formula is C9H11Cl2F6NO. The Hall–Kier alpha value is -0.370. The third kappa shape index (κ3) is 4.91. The highest BCUT2D eigenvalue weighted by Gasteiger charge is 2.61. The molecule has 0 atom stereocenters. The molecule has 0 heterocycles. The third-order valence-electron chi connectivity index (χ3n) is 2.49. The van der Waals surface area contributed by atoms with Gasteiger partial charge in [0, 0.05) is 11.8 Å². The summed E-state index contributed by atoms with van der Waals surface area (Å²) in [4.78, 5) is 11.3. The van der Waals surface area contributed by atoms with Crippen LogP contribution >= 0.6 is 23.2 Å². The zero-order valence-electron chi connectivity index (χ0n) is 9.63. The SMILES string of the molecule is CCC(CCl)(CCl)NC(=O)C(C(F)(F)F)C(F)(F)F. The summed E-state index contributed by atoms with van der Waals surface area (Å²) >= 11 is 10.9. The summed E-state index contributed by atoms with van der Waals surface area (Å²) < 4.78 is 73.8. The van der Waals surface area contributed by atoms with Crippen molar-refractivity contribution in [3.8, 4) is 0 Å². The highest BCUT2D eigenvalue weighted by molar-refractivity contribution is 6.22. The molecule has 0 spiro atoms. The minimum atomic E-state index is -5.74. The van der Waals surface area contributed by atoms with E-state index in [0.717, 1.165) is 0 Å². The molecule has 0 aliphatic heterocycles. The lowest BCUT2D eigenvalue weighted by molar-refractivity contribution is -0.274. The fourth-order valence-corrected chi connectivity index (χ4v) is 1.99. The molecule has 0 unspecified atom stereocenters. The molecule has 0 saturated carbocycles. The number of amides is 1. The van der Waals surface area contributed by atoms with Crippen molar-refractivity contribution in [1.82, 2.24) is 5.32 Å². The molecule has 19 heavy (non-hydrogen) atoms. The van der Waals surface area contributed by atoms with Crippen molar-refractivity contribution in [1.29, 1.82) is 0 Å². The van der Waals surface area contributed by atoms with E-state index in [-0.39, 0.29) is 6.42 Å². The monoisotopic (exact) mass is 333 g/mol. The van der Waals surface area contributed by atoms with Crippen molar-refractivity contribution >= 4 is 29.1 Å². The second-order valence-corrected chi connectivity index (χ2v) is 4.44. The minimum absolute atomic E-state index is 0.00578. The molecule has 0 aromatic rings. The van der Waals surface area contributed by atoms with Crippen LogP contribution in [0.25, 0.3) is 0 Å². The summed E-state index contributed by atoms with van der Waals surface area (Å²) in [6.45, 7) is 1.43. The smallest absolute Gasteiger partial charge is 0.347 e. The van der Waals surface area contributed by atoms with E-state index in [1.165, 1.54) is 6.92 Å². The van der Waals surface area contributed by atoms with Gasteiger partial charge in [-0.25, -0.2) is 0 Å². The summed E-state index contributed by atoms with van der Waals surface area (Å²) in [6, 6.07) is 0. The van der Waals surface area contributed by atoms with Crippen molar-refractivity contribution in [2.75, 3.05) is 11.8 Å². The predicted molar refractivity (Wildman–Crippen MR) is 58.2 cm³/mol. The van der Waals surface area contributed by atoms with Gasteiger partial charge in [-0.1, -0.05) is 6.92 Å². The lowest BCUT2D eigenvalue weighted by Gasteiger charge is -2.32. The van der Waals surface area contributed by atoms with E-state index in [1.807, 2.05) is 0 Å². The number of carbonyl (C=O) groups is 1. The van der Waals surface area contributed by atoms with Gasteiger partial charge in [-0.05, 0) is 6.42 Å². The summed E-state index contributed by atoms with van der Waals surface area (Å²) in [5, 5.41) is 1.65. The first-order valence-corrected chi connectivity index (χ1v) is 6.08. The van der Waals surface area contributed by atoms with Gasteiger partial charge in [-0.3, -0.25) is 4.79 Å². The second kappa shape index (κ2) is 6.39. The Labute approximate surface area is 115 Å². The van der Waals surface area contributed by atoms with E-state index in [2.05, 4.69) is 0 Å². The Morgan fingerprint density at radius 2 is 1.42 bits per heavy atom. The first-order valence-electron chi connectivity index (χ1n) is 5.01. The van der Waals surface area contributed by atoms with Crippen LogP contribution in [0, 0.1) is 5.92 Å². The molecule has 0 rings (SSSR count). The quantitative estimate of drug-likeness (QED) is 0.605. The highest BCUT2D eigenvalue weighted by Crippen LogP contribution is 2.39. The number of nitrogens with one attached hydrogen (secondary N) is 1. The summed E-state index contributed by atoms with van der Waals surface area (Å²) in [7, 11) is 0. The molecule has 2 nitrogen and oxygen atoms in total. The lowest BCUT2D eigenvalue weighted by Crippen LogP contribution is -2.57. The molecule has 0 saturated heterocycles. The van der Waals surface area contributed by atoms with Gasteiger partial charge < -0.3 is 5.32 Å². The van der Waals surface area contributed by atoms with E-state index in [1.54, 1.807) is 5.32 Å². The van der Waals surface area contributed by atoms with Gasteiger partial charge in [0.05, 0.1) is 5.54 Å². The fourth-order valence-electron chi connectivity index (χ4n) is 1.20. The van der Waals surface area contributed by atoms with Gasteiger partial charge in [0.25, 0.3) is 0 Å². The van der Waals surface area contributed by atoms with Gasteiger partial charge in [0.2, 0.25) is 11.8 Å². The van der Waals surface area contributed by atoms with Crippen LogP contribution in [0.1, 0.15) is 13.3 Å². The Morgan fingerprint density at radius 3 is 1.63 bits per heavy atom. The number of halogens is 8. The molecule has 0 radical (unpaired) electrons. The van der Waals surface area contributed by atoms with Gasteiger partial charge in [0.1, 0.15) is 0 Å². The van der Waals surface area contributed by atoms with Crippen molar-refractivity contribution in [3.63, 3.8) is 0 Å². The van der Waals surface area contributed by atoms with Crippen LogP contribution in [0.4, 0.5) is 26.3 Å². The summed E-state index contributed by atoms with van der Waals surface area (Å²) in [5.41, 5.74) is -1.51. The number of rotatable bonds is 5. The van der Waals surface area contributed by atoms with E-state index in [4.69, 9.17) is 23.2 Å². The Balaban J connectivity index is 5.25. The Morgan fingerprint density at radius 1 is 1.05 bits per heavy atom. The van der Waals surface area contributed by atoms with Gasteiger partial charge in [-0.15, -0.1) is 23.2 Å². The molecular weight excluding hydrogens is 323 g/mol. The number of alkyl halides is 8. The van der Waals surface area contributed by atoms with Crippen LogP contribution in [-0.4, -0.2) is 35.6 Å². The average molecular weight is 334 g/mol. The van der Waals surface area contributed by atoms with Crippen molar-refractivity contribution in [3.05, 3.63) is 0 Å². The lowest BCUT2D eigenvalue weighted by atomic mass is 9.99. The zero-order chi connectivity index (χ0) is 15.5. The third-order valence-corrected chi connectivity index (χ3v) is 3.52. The van der Waals surface area contributed by atoms with Crippen LogP contribution in [0.2, 0.25) is 0 Å². The van der Waals surface area contributed by atoms with Crippen LogP contribution in [-0.2, 0) is 4.79 Å². The minimum Gasteiger partial charge on any atom is -0.347 e. The van der Waals surface area contributed by atoms with Crippen molar-refractivity contribution < 1.29 is 31.1 Å². The average Bonchev–Trinajstić information content (AvgIpc) is 2.22. The van der Waals surface area contributed by atoms with Crippen LogP contribution in [0.15, 0.2) is 0 Å². The van der Waals surface area contributed by atoms with Crippen molar-refractivity contribution in [2.45, 2.75) is 31.2 Å². The fraction of sp³-hybridized carbons (Fsp3) is 0.889. The van der Waals surface area contributed by atoms with E-state index in [9.17, 15) is 31.1 Å². The summed E-state index contributed by atoms with van der Waals surface area (Å²) in [5.74, 6) is -7.11. The standard InChI is InChI=1S/C9H11Cl2F6NO/c1-2-7(3-10,4-11)18-6(19)5(8(12,13)14)9(15,16)17/h5H,2-4H2,1H3,(H,18,19). The number of hydrogen-bond acceptors (Lipinski definition) is 1. The Bertz CT molecular complexity index is 291. The topological polar surface area (TPSA) is 29.1 Å². The molecule has 0 aliphatic rings. The van der Waals surface area contributed by atoms with Gasteiger partial charge in [0.15, 0.2) is 0 Å². The van der Waals surface area contributed by atoms with E-state index >= 15 is 0 Å².